The molecule has 2 aromatic rings. The standard InChI is InChI=1S/C24H26N2O3S/c27-22-13-7-9-14(10-8-13)23-19(22)12-20(29-23)30-26-24(28)25-21-17-5-1-3-15(17)11-16-4-2-6-18(16)21/h11-14H,1-10H2,(H2,25,26,28). The van der Waals surface area contributed by atoms with Crippen molar-refractivity contribution >= 4 is 29.4 Å². The van der Waals surface area contributed by atoms with Crippen molar-refractivity contribution in [1.82, 2.24) is 4.72 Å². The molecule has 1 fully saturated rings. The maximum atomic E-state index is 12.7. The molecule has 6 heteroatoms. The molecule has 0 radical (unpaired) electrons. The number of hydrogen-bond donors (Lipinski definition) is 2. The zero-order chi connectivity index (χ0) is 20.2. The van der Waals surface area contributed by atoms with E-state index in [4.69, 9.17) is 4.42 Å². The van der Waals surface area contributed by atoms with E-state index in [-0.39, 0.29) is 17.7 Å². The van der Waals surface area contributed by atoms with Crippen molar-refractivity contribution < 1.29 is 14.0 Å². The smallest absolute Gasteiger partial charge is 0.329 e. The molecule has 156 valence electrons. The highest BCUT2D eigenvalue weighted by molar-refractivity contribution is 7.97. The summed E-state index contributed by atoms with van der Waals surface area (Å²) in [5.41, 5.74) is 7.23. The lowest BCUT2D eigenvalue weighted by atomic mass is 9.83. The number of fused-ring (bicyclic) bond motifs is 4. The fourth-order valence-electron chi connectivity index (χ4n) is 5.97. The molecule has 5 aliphatic rings. The number of ketones is 1. The highest BCUT2D eigenvalue weighted by atomic mass is 32.2. The molecule has 5 nitrogen and oxygen atoms in total. The van der Waals surface area contributed by atoms with Gasteiger partial charge >= 0.3 is 6.03 Å². The van der Waals surface area contributed by atoms with Crippen molar-refractivity contribution in [2.24, 2.45) is 5.92 Å². The number of carbonyl (C=O) groups excluding carboxylic acids is 2. The average molecular weight is 423 g/mol. The lowest BCUT2D eigenvalue weighted by Crippen LogP contribution is -2.24. The monoisotopic (exact) mass is 422 g/mol. The van der Waals surface area contributed by atoms with E-state index in [1.165, 1.54) is 22.3 Å². The van der Waals surface area contributed by atoms with Crippen LogP contribution in [0.25, 0.3) is 0 Å². The van der Waals surface area contributed by atoms with Crippen LogP contribution < -0.4 is 10.0 Å². The molecule has 7 rings (SSSR count). The molecule has 5 aliphatic carbocycles. The van der Waals surface area contributed by atoms with Gasteiger partial charge in [0.15, 0.2) is 10.9 Å². The van der Waals surface area contributed by atoms with E-state index in [2.05, 4.69) is 16.1 Å². The predicted molar refractivity (Wildman–Crippen MR) is 116 cm³/mol. The lowest BCUT2D eigenvalue weighted by Gasteiger charge is -2.21. The lowest BCUT2D eigenvalue weighted by molar-refractivity contribution is 0.0898. The van der Waals surface area contributed by atoms with Crippen LogP contribution in [-0.2, 0) is 25.7 Å². The Hall–Kier alpha value is -2.21. The van der Waals surface area contributed by atoms with Gasteiger partial charge in [-0.25, -0.2) is 4.79 Å². The molecule has 1 aromatic heterocycles. The first-order valence-corrected chi connectivity index (χ1v) is 12.1. The van der Waals surface area contributed by atoms with Crippen LogP contribution in [0.4, 0.5) is 10.5 Å². The largest absolute Gasteiger partial charge is 0.452 e. The minimum absolute atomic E-state index is 0.150. The summed E-state index contributed by atoms with van der Waals surface area (Å²) in [7, 11) is 0. The molecule has 0 spiro atoms. The van der Waals surface area contributed by atoms with Gasteiger partial charge in [-0.1, -0.05) is 6.07 Å². The van der Waals surface area contributed by atoms with E-state index in [1.54, 1.807) is 0 Å². The fraction of sp³-hybridized carbons (Fsp3) is 0.500. The Balaban J connectivity index is 1.18. The van der Waals surface area contributed by atoms with Crippen LogP contribution in [0.2, 0.25) is 0 Å². The molecule has 2 bridgehead atoms. The number of Topliss-reactive ketones (excluding diaryl/α,β-unsaturated/α-hetero) is 1. The number of anilines is 1. The number of hydrogen-bond acceptors (Lipinski definition) is 4. The summed E-state index contributed by atoms with van der Waals surface area (Å²) in [5, 5.41) is 3.74. The quantitative estimate of drug-likeness (QED) is 0.636. The van der Waals surface area contributed by atoms with Crippen LogP contribution in [0.5, 0.6) is 0 Å². The summed E-state index contributed by atoms with van der Waals surface area (Å²) in [6.45, 7) is 0. The average Bonchev–Trinajstić information content (AvgIpc) is 3.48. The maximum absolute atomic E-state index is 12.7. The number of aryl methyl sites for hydroxylation is 2. The van der Waals surface area contributed by atoms with Gasteiger partial charge in [-0.3, -0.25) is 9.52 Å². The van der Waals surface area contributed by atoms with E-state index in [1.807, 2.05) is 6.07 Å². The van der Waals surface area contributed by atoms with Gasteiger partial charge < -0.3 is 9.73 Å². The van der Waals surface area contributed by atoms with Gasteiger partial charge in [-0.2, -0.15) is 0 Å². The number of urea groups is 1. The third-order valence-electron chi connectivity index (χ3n) is 7.43. The first-order valence-electron chi connectivity index (χ1n) is 11.3. The summed E-state index contributed by atoms with van der Waals surface area (Å²) in [6.07, 6.45) is 10.6. The first kappa shape index (κ1) is 18.6. The molecule has 2 N–H and O–H groups in total. The molecule has 0 atom stereocenters. The van der Waals surface area contributed by atoms with Gasteiger partial charge in [-0.15, -0.1) is 0 Å². The molecule has 0 aliphatic heterocycles. The SMILES string of the molecule is O=C(NSc1cc2c(o1)C1CCC(CC1)C2=O)Nc1c2c(cc3c1CCC3)CCC2. The predicted octanol–water partition coefficient (Wildman–Crippen LogP) is 5.56. The number of furan rings is 1. The van der Waals surface area contributed by atoms with Crippen LogP contribution in [0, 0.1) is 5.92 Å². The van der Waals surface area contributed by atoms with Crippen LogP contribution in [-0.4, -0.2) is 11.8 Å². The van der Waals surface area contributed by atoms with Gasteiger partial charge in [0.25, 0.3) is 0 Å². The molecule has 0 saturated heterocycles. The van der Waals surface area contributed by atoms with Gasteiger partial charge in [0, 0.05) is 35.5 Å². The zero-order valence-electron chi connectivity index (χ0n) is 17.0. The second kappa shape index (κ2) is 7.19. The summed E-state index contributed by atoms with van der Waals surface area (Å²) in [6, 6.07) is 3.97. The molecule has 1 aromatic carbocycles. The van der Waals surface area contributed by atoms with E-state index >= 15 is 0 Å². The number of benzene rings is 1. The van der Waals surface area contributed by atoms with E-state index in [9.17, 15) is 9.59 Å². The summed E-state index contributed by atoms with van der Waals surface area (Å²) >= 11 is 1.16. The van der Waals surface area contributed by atoms with Gasteiger partial charge in [0.05, 0.1) is 5.56 Å². The van der Waals surface area contributed by atoms with Gasteiger partial charge in [0.1, 0.15) is 5.76 Å². The number of nitrogens with one attached hydrogen (secondary N) is 2. The second-order valence-corrected chi connectivity index (χ2v) is 9.96. The van der Waals surface area contributed by atoms with E-state index < -0.39 is 0 Å². The summed E-state index contributed by atoms with van der Waals surface area (Å²) < 4.78 is 8.91. The molecule has 2 amide bonds. The zero-order valence-corrected chi connectivity index (χ0v) is 17.8. The third kappa shape index (κ3) is 2.99. The molecule has 0 unspecified atom stereocenters. The summed E-state index contributed by atoms with van der Waals surface area (Å²) in [4.78, 5) is 25.5. The molecule has 1 heterocycles. The Labute approximate surface area is 180 Å². The van der Waals surface area contributed by atoms with Gasteiger partial charge in [0.2, 0.25) is 0 Å². The molecular formula is C24H26N2O3S. The number of rotatable bonds is 3. The van der Waals surface area contributed by atoms with Crippen molar-refractivity contribution in [1.29, 1.82) is 0 Å². The van der Waals surface area contributed by atoms with E-state index in [0.717, 1.165) is 93.2 Å². The van der Waals surface area contributed by atoms with Crippen molar-refractivity contribution in [3.05, 3.63) is 45.7 Å². The number of amides is 2. The first-order chi connectivity index (χ1) is 14.7. The van der Waals surface area contributed by atoms with Crippen LogP contribution in [0.3, 0.4) is 0 Å². The van der Waals surface area contributed by atoms with Gasteiger partial charge in [-0.05, 0) is 86.5 Å². The Morgan fingerprint density at radius 3 is 2.30 bits per heavy atom. The minimum atomic E-state index is -0.228. The second-order valence-electron chi connectivity index (χ2n) is 9.15. The normalized spacial score (nSPS) is 23.7. The Morgan fingerprint density at radius 1 is 0.933 bits per heavy atom. The molecule has 30 heavy (non-hydrogen) atoms. The highest BCUT2D eigenvalue weighted by Gasteiger charge is 2.38. The van der Waals surface area contributed by atoms with Crippen LogP contribution in [0.15, 0.2) is 21.6 Å². The number of carbonyl (C=O) groups is 2. The van der Waals surface area contributed by atoms with Crippen molar-refractivity contribution in [3.8, 4) is 0 Å². The van der Waals surface area contributed by atoms with Crippen molar-refractivity contribution in [2.75, 3.05) is 5.32 Å². The molecular weight excluding hydrogens is 396 g/mol. The van der Waals surface area contributed by atoms with Crippen LogP contribution in [0.1, 0.15) is 82.8 Å². The molecule has 1 saturated carbocycles. The third-order valence-corrected chi connectivity index (χ3v) is 8.12. The Morgan fingerprint density at radius 2 is 1.60 bits per heavy atom. The van der Waals surface area contributed by atoms with Crippen molar-refractivity contribution in [3.63, 3.8) is 0 Å². The summed E-state index contributed by atoms with van der Waals surface area (Å²) in [5.74, 6) is 1.56. The van der Waals surface area contributed by atoms with E-state index in [0.29, 0.717) is 11.0 Å². The van der Waals surface area contributed by atoms with Crippen molar-refractivity contribution in [2.45, 2.75) is 75.2 Å². The van der Waals surface area contributed by atoms with Crippen LogP contribution >= 0.6 is 11.9 Å². The Bertz CT molecular complexity index is 1020. The maximum Gasteiger partial charge on any atom is 0.329 e. The fourth-order valence-corrected chi connectivity index (χ4v) is 6.52. The topological polar surface area (TPSA) is 71.3 Å². The Kier molecular flexibility index (Phi) is 4.44. The minimum Gasteiger partial charge on any atom is -0.452 e. The highest BCUT2D eigenvalue weighted by Crippen LogP contribution is 2.45.